The highest BCUT2D eigenvalue weighted by Gasteiger charge is 2.33. The summed E-state index contributed by atoms with van der Waals surface area (Å²) in [7, 11) is 1.54. The maximum Gasteiger partial charge on any atom is 0.270 e. The Morgan fingerprint density at radius 2 is 2.23 bits per heavy atom. The van der Waals surface area contributed by atoms with Crippen molar-refractivity contribution >= 4 is 57.6 Å². The van der Waals surface area contributed by atoms with E-state index in [1.807, 2.05) is 12.1 Å². The Hall–Kier alpha value is -1.76. The molecule has 22 heavy (non-hydrogen) atoms. The van der Waals surface area contributed by atoms with Crippen LogP contribution in [0, 0.1) is 0 Å². The molecule has 1 aromatic heterocycles. The van der Waals surface area contributed by atoms with Gasteiger partial charge in [0, 0.05) is 11.9 Å². The van der Waals surface area contributed by atoms with E-state index in [0.29, 0.717) is 25.7 Å². The minimum atomic E-state index is -0.161. The summed E-state index contributed by atoms with van der Waals surface area (Å²) in [5.74, 6) is 0.392. The Morgan fingerprint density at radius 3 is 2.86 bits per heavy atom. The molecule has 0 unspecified atom stereocenters. The van der Waals surface area contributed by atoms with Gasteiger partial charge in [-0.1, -0.05) is 35.6 Å². The molecule has 0 spiro atoms. The monoisotopic (exact) mass is 350 g/mol. The van der Waals surface area contributed by atoms with Crippen molar-refractivity contribution in [2.45, 2.75) is 0 Å². The molecule has 0 aliphatic carbocycles. The second kappa shape index (κ2) is 6.16. The van der Waals surface area contributed by atoms with Gasteiger partial charge in [-0.3, -0.25) is 9.69 Å². The molecule has 4 nitrogen and oxygen atoms in total. The van der Waals surface area contributed by atoms with E-state index in [4.69, 9.17) is 28.6 Å². The number of thioether (sulfide) groups is 1. The topological polar surface area (TPSA) is 45.3 Å². The number of nitrogens with one attached hydrogen (secondary N) is 1. The molecule has 0 atom stereocenters. The summed E-state index contributed by atoms with van der Waals surface area (Å²) in [6.45, 7) is 0. The normalized spacial score (nSPS) is 16.6. The van der Waals surface area contributed by atoms with Gasteiger partial charge in [-0.2, -0.15) is 0 Å². The molecule has 1 aliphatic heterocycles. The number of thiocarbonyl (C=S) groups is 1. The van der Waals surface area contributed by atoms with E-state index >= 15 is 0 Å². The highest BCUT2D eigenvalue weighted by atomic mass is 35.5. The smallest absolute Gasteiger partial charge is 0.270 e. The number of hydrogen-bond donors (Lipinski definition) is 1. The van der Waals surface area contributed by atoms with Gasteiger partial charge in [0.05, 0.1) is 22.7 Å². The summed E-state index contributed by atoms with van der Waals surface area (Å²) in [4.78, 5) is 17.6. The molecule has 1 amide bonds. The van der Waals surface area contributed by atoms with Gasteiger partial charge in [-0.15, -0.1) is 0 Å². The molecule has 1 aliphatic rings. The first kappa shape index (κ1) is 15.1. The predicted molar refractivity (Wildman–Crippen MR) is 94.4 cm³/mol. The minimum Gasteiger partial charge on any atom is -0.495 e. The summed E-state index contributed by atoms with van der Waals surface area (Å²) in [6.07, 6.45) is 3.58. The summed E-state index contributed by atoms with van der Waals surface area (Å²) in [6, 6.07) is 8.90. The Balaban J connectivity index is 1.93. The fourth-order valence-corrected chi connectivity index (χ4v) is 3.60. The van der Waals surface area contributed by atoms with Crippen molar-refractivity contribution in [3.8, 4) is 5.75 Å². The van der Waals surface area contributed by atoms with E-state index in [9.17, 15) is 4.79 Å². The third kappa shape index (κ3) is 2.77. The molecule has 1 fully saturated rings. The van der Waals surface area contributed by atoms with Crippen LogP contribution in [0.4, 0.5) is 5.69 Å². The van der Waals surface area contributed by atoms with Crippen molar-refractivity contribution < 1.29 is 9.53 Å². The van der Waals surface area contributed by atoms with Gasteiger partial charge < -0.3 is 9.72 Å². The SMILES string of the molecule is COc1ccc(N2C(=O)/C(=C\c3ccc[nH]3)SC2=S)cc1Cl. The Kier molecular flexibility index (Phi) is 4.24. The van der Waals surface area contributed by atoms with Crippen LogP contribution in [0.15, 0.2) is 41.4 Å². The molecule has 7 heteroatoms. The molecular formula is C15H11ClN2O2S2. The van der Waals surface area contributed by atoms with Crippen LogP contribution < -0.4 is 9.64 Å². The molecular weight excluding hydrogens is 340 g/mol. The number of H-pyrrole nitrogens is 1. The number of aromatic nitrogens is 1. The van der Waals surface area contributed by atoms with Crippen molar-refractivity contribution in [1.82, 2.24) is 4.98 Å². The number of hydrogen-bond acceptors (Lipinski definition) is 4. The van der Waals surface area contributed by atoms with E-state index in [1.165, 1.54) is 16.7 Å². The highest BCUT2D eigenvalue weighted by molar-refractivity contribution is 8.27. The molecule has 0 radical (unpaired) electrons. The average molecular weight is 351 g/mol. The number of carbonyl (C=O) groups excluding carboxylic acids is 1. The third-order valence-electron chi connectivity index (χ3n) is 3.10. The van der Waals surface area contributed by atoms with Gasteiger partial charge in [0.1, 0.15) is 5.75 Å². The lowest BCUT2D eigenvalue weighted by atomic mass is 10.2. The minimum absolute atomic E-state index is 0.161. The van der Waals surface area contributed by atoms with Crippen LogP contribution in [-0.4, -0.2) is 22.3 Å². The first-order valence-electron chi connectivity index (χ1n) is 6.35. The largest absolute Gasteiger partial charge is 0.495 e. The first-order valence-corrected chi connectivity index (χ1v) is 7.95. The third-order valence-corrected chi connectivity index (χ3v) is 4.69. The summed E-state index contributed by atoms with van der Waals surface area (Å²) in [5.41, 5.74) is 1.48. The summed E-state index contributed by atoms with van der Waals surface area (Å²) < 4.78 is 5.59. The Labute approximate surface area is 142 Å². The lowest BCUT2D eigenvalue weighted by Crippen LogP contribution is -2.27. The number of amides is 1. The van der Waals surface area contributed by atoms with E-state index in [1.54, 1.807) is 37.6 Å². The van der Waals surface area contributed by atoms with Gasteiger partial charge in [-0.05, 0) is 36.4 Å². The Morgan fingerprint density at radius 1 is 1.41 bits per heavy atom. The lowest BCUT2D eigenvalue weighted by Gasteiger charge is -2.15. The first-order chi connectivity index (χ1) is 10.6. The van der Waals surface area contributed by atoms with Crippen LogP contribution in [0.25, 0.3) is 6.08 Å². The maximum atomic E-state index is 12.6. The number of methoxy groups -OCH3 is 1. The van der Waals surface area contributed by atoms with E-state index < -0.39 is 0 Å². The molecule has 1 aromatic carbocycles. The van der Waals surface area contributed by atoms with Crippen LogP contribution in [0.2, 0.25) is 5.02 Å². The van der Waals surface area contributed by atoms with Gasteiger partial charge in [0.2, 0.25) is 0 Å². The second-order valence-corrected chi connectivity index (χ2v) is 6.54. The Bertz CT molecular complexity index is 772. The zero-order valence-electron chi connectivity index (χ0n) is 11.5. The molecule has 0 bridgehead atoms. The van der Waals surface area contributed by atoms with Crippen LogP contribution >= 0.6 is 35.6 Å². The number of anilines is 1. The fraction of sp³-hybridized carbons (Fsp3) is 0.0667. The summed E-state index contributed by atoms with van der Waals surface area (Å²) >= 11 is 12.7. The van der Waals surface area contributed by atoms with E-state index in [2.05, 4.69) is 4.98 Å². The molecule has 3 rings (SSSR count). The number of nitrogens with zero attached hydrogens (tertiary/aromatic N) is 1. The van der Waals surface area contributed by atoms with Crippen LogP contribution in [0.5, 0.6) is 5.75 Å². The van der Waals surface area contributed by atoms with Crippen LogP contribution in [-0.2, 0) is 4.79 Å². The quantitative estimate of drug-likeness (QED) is 0.669. The number of aromatic amines is 1. The summed E-state index contributed by atoms with van der Waals surface area (Å²) in [5, 5.41) is 0.433. The maximum absolute atomic E-state index is 12.6. The second-order valence-electron chi connectivity index (χ2n) is 4.46. The standard InChI is InChI=1S/C15H11ClN2O2S2/c1-20-12-5-4-10(8-11(12)16)18-14(19)13(22-15(18)21)7-9-3-2-6-17-9/h2-8,17H,1H3/b13-7+. The van der Waals surface area contributed by atoms with Crippen LogP contribution in [0.1, 0.15) is 5.69 Å². The zero-order chi connectivity index (χ0) is 15.7. The van der Waals surface area contributed by atoms with Crippen molar-refractivity contribution in [2.24, 2.45) is 0 Å². The number of carbonyl (C=O) groups is 1. The van der Waals surface area contributed by atoms with Crippen molar-refractivity contribution in [3.05, 3.63) is 52.2 Å². The fourth-order valence-electron chi connectivity index (χ4n) is 2.06. The number of benzene rings is 1. The molecule has 2 heterocycles. The number of halogens is 1. The molecule has 2 aromatic rings. The number of rotatable bonds is 3. The average Bonchev–Trinajstić information content (AvgIpc) is 3.08. The highest BCUT2D eigenvalue weighted by Crippen LogP contribution is 2.38. The lowest BCUT2D eigenvalue weighted by molar-refractivity contribution is -0.113. The van der Waals surface area contributed by atoms with Crippen molar-refractivity contribution in [1.29, 1.82) is 0 Å². The molecule has 1 saturated heterocycles. The van der Waals surface area contributed by atoms with Gasteiger partial charge in [0.25, 0.3) is 5.91 Å². The van der Waals surface area contributed by atoms with E-state index in [0.717, 1.165) is 5.69 Å². The predicted octanol–water partition coefficient (Wildman–Crippen LogP) is 4.08. The van der Waals surface area contributed by atoms with Crippen molar-refractivity contribution in [3.63, 3.8) is 0 Å². The number of ether oxygens (including phenoxy) is 1. The van der Waals surface area contributed by atoms with Crippen molar-refractivity contribution in [2.75, 3.05) is 12.0 Å². The van der Waals surface area contributed by atoms with Crippen LogP contribution in [0.3, 0.4) is 0 Å². The molecule has 112 valence electrons. The molecule has 0 saturated carbocycles. The van der Waals surface area contributed by atoms with Gasteiger partial charge in [-0.25, -0.2) is 0 Å². The van der Waals surface area contributed by atoms with Gasteiger partial charge in [0.15, 0.2) is 4.32 Å². The van der Waals surface area contributed by atoms with Gasteiger partial charge >= 0.3 is 0 Å². The van der Waals surface area contributed by atoms with E-state index in [-0.39, 0.29) is 5.91 Å². The molecule has 1 N–H and O–H groups in total. The zero-order valence-corrected chi connectivity index (χ0v) is 13.9.